The predicted molar refractivity (Wildman–Crippen MR) is 65.2 cm³/mol. The predicted octanol–water partition coefficient (Wildman–Crippen LogP) is 2.78. The summed E-state index contributed by atoms with van der Waals surface area (Å²) in [6.07, 6.45) is 1.64. The van der Waals surface area contributed by atoms with Crippen LogP contribution in [0.5, 0.6) is 5.75 Å². The average Bonchev–Trinajstić information content (AvgIpc) is 2.77. The van der Waals surface area contributed by atoms with Crippen LogP contribution in [0.2, 0.25) is 0 Å². The number of benzene rings is 1. The van der Waals surface area contributed by atoms with Gasteiger partial charge in [0.2, 0.25) is 0 Å². The fourth-order valence-corrected chi connectivity index (χ4v) is 2.06. The summed E-state index contributed by atoms with van der Waals surface area (Å²) >= 11 is 9.20. The summed E-state index contributed by atoms with van der Waals surface area (Å²) in [5.41, 5.74) is 1.74. The fraction of sp³-hybridized carbons (Fsp3) is 0.200. The lowest BCUT2D eigenvalue weighted by Gasteiger charge is -2.07. The Hall–Kier alpha value is -1.07. The van der Waals surface area contributed by atoms with E-state index in [1.54, 1.807) is 18.0 Å². The van der Waals surface area contributed by atoms with Crippen LogP contribution >= 0.6 is 27.5 Å². The zero-order valence-corrected chi connectivity index (χ0v) is 10.9. The summed E-state index contributed by atoms with van der Waals surface area (Å²) < 4.78 is 7.71. The van der Waals surface area contributed by atoms with E-state index in [0.717, 1.165) is 21.6 Å². The number of alkyl halides is 1. The molecule has 0 saturated carbocycles. The molecular formula is C10H9BrClN3O. The second-order valence-electron chi connectivity index (χ2n) is 3.09. The third kappa shape index (κ3) is 2.05. The molecule has 0 amide bonds. The maximum absolute atomic E-state index is 5.78. The van der Waals surface area contributed by atoms with E-state index in [1.165, 1.54) is 0 Å². The van der Waals surface area contributed by atoms with Gasteiger partial charge in [-0.3, -0.25) is 0 Å². The number of nitrogens with zero attached hydrogens (tertiary/aromatic N) is 3. The number of methoxy groups -OCH3 is 1. The highest BCUT2D eigenvalue weighted by Gasteiger charge is 2.07. The normalized spacial score (nSPS) is 10.4. The highest BCUT2D eigenvalue weighted by Crippen LogP contribution is 2.27. The van der Waals surface area contributed by atoms with Crippen LogP contribution in [0.1, 0.15) is 5.69 Å². The van der Waals surface area contributed by atoms with Gasteiger partial charge >= 0.3 is 0 Å². The van der Waals surface area contributed by atoms with Crippen molar-refractivity contribution in [2.75, 3.05) is 7.11 Å². The van der Waals surface area contributed by atoms with E-state index in [0.29, 0.717) is 5.88 Å². The van der Waals surface area contributed by atoms with Gasteiger partial charge in [-0.05, 0) is 34.1 Å². The molecule has 2 aromatic rings. The SMILES string of the molecule is COc1ccc(-n2nncc2CCl)cc1Br. The van der Waals surface area contributed by atoms with Gasteiger partial charge in [0.1, 0.15) is 5.75 Å². The zero-order chi connectivity index (χ0) is 11.5. The van der Waals surface area contributed by atoms with Gasteiger partial charge in [0.25, 0.3) is 0 Å². The van der Waals surface area contributed by atoms with E-state index in [1.807, 2.05) is 18.2 Å². The van der Waals surface area contributed by atoms with E-state index in [-0.39, 0.29) is 0 Å². The summed E-state index contributed by atoms with van der Waals surface area (Å²) in [6.45, 7) is 0. The van der Waals surface area contributed by atoms with Gasteiger partial charge < -0.3 is 4.74 Å². The van der Waals surface area contributed by atoms with Crippen LogP contribution in [0.25, 0.3) is 5.69 Å². The Morgan fingerprint density at radius 1 is 1.50 bits per heavy atom. The first-order valence-corrected chi connectivity index (χ1v) is 5.88. The summed E-state index contributed by atoms with van der Waals surface area (Å²) in [5, 5.41) is 7.80. The monoisotopic (exact) mass is 301 g/mol. The molecule has 0 aliphatic carbocycles. The number of ether oxygens (including phenoxy) is 1. The van der Waals surface area contributed by atoms with Gasteiger partial charge in [0.15, 0.2) is 0 Å². The molecule has 2 rings (SSSR count). The lowest BCUT2D eigenvalue weighted by atomic mass is 10.3. The van der Waals surface area contributed by atoms with Crippen molar-refractivity contribution in [3.8, 4) is 11.4 Å². The molecule has 0 spiro atoms. The molecule has 0 aliphatic rings. The Balaban J connectivity index is 2.45. The summed E-state index contributed by atoms with van der Waals surface area (Å²) in [4.78, 5) is 0. The zero-order valence-electron chi connectivity index (χ0n) is 8.52. The molecule has 0 fully saturated rings. The van der Waals surface area contributed by atoms with Crippen LogP contribution in [0.15, 0.2) is 28.9 Å². The van der Waals surface area contributed by atoms with Gasteiger partial charge in [-0.15, -0.1) is 16.7 Å². The summed E-state index contributed by atoms with van der Waals surface area (Å²) in [6, 6.07) is 5.66. The minimum atomic E-state index is 0.372. The van der Waals surface area contributed by atoms with Crippen molar-refractivity contribution < 1.29 is 4.74 Å². The first kappa shape index (κ1) is 11.4. The van der Waals surface area contributed by atoms with E-state index in [9.17, 15) is 0 Å². The Bertz CT molecular complexity index is 501. The molecule has 0 unspecified atom stereocenters. The van der Waals surface area contributed by atoms with Crippen LogP contribution in [0, 0.1) is 0 Å². The minimum Gasteiger partial charge on any atom is -0.496 e. The molecule has 0 atom stereocenters. The molecule has 1 aromatic carbocycles. The lowest BCUT2D eigenvalue weighted by molar-refractivity contribution is 0.412. The van der Waals surface area contributed by atoms with E-state index in [4.69, 9.17) is 16.3 Å². The maximum atomic E-state index is 5.78. The van der Waals surface area contributed by atoms with Crippen molar-refractivity contribution in [2.45, 2.75) is 5.88 Å². The minimum absolute atomic E-state index is 0.372. The largest absolute Gasteiger partial charge is 0.496 e. The molecule has 1 heterocycles. The quantitative estimate of drug-likeness (QED) is 0.819. The van der Waals surface area contributed by atoms with Gasteiger partial charge in [-0.2, -0.15) is 0 Å². The van der Waals surface area contributed by atoms with Crippen LogP contribution in [0.3, 0.4) is 0 Å². The highest BCUT2D eigenvalue weighted by atomic mass is 79.9. The smallest absolute Gasteiger partial charge is 0.133 e. The van der Waals surface area contributed by atoms with Crippen molar-refractivity contribution in [1.82, 2.24) is 15.0 Å². The van der Waals surface area contributed by atoms with Gasteiger partial charge in [0, 0.05) is 0 Å². The Morgan fingerprint density at radius 2 is 2.31 bits per heavy atom. The molecule has 0 saturated heterocycles. The molecule has 84 valence electrons. The molecule has 0 aliphatic heterocycles. The van der Waals surface area contributed by atoms with Crippen molar-refractivity contribution in [3.63, 3.8) is 0 Å². The van der Waals surface area contributed by atoms with Crippen molar-refractivity contribution >= 4 is 27.5 Å². The fourth-order valence-electron chi connectivity index (χ4n) is 1.35. The molecule has 0 bridgehead atoms. The summed E-state index contributed by atoms with van der Waals surface area (Å²) in [7, 11) is 1.62. The number of halogens is 2. The Labute approximate surface area is 106 Å². The van der Waals surface area contributed by atoms with Crippen LogP contribution in [-0.4, -0.2) is 22.1 Å². The van der Waals surface area contributed by atoms with Gasteiger partial charge in [0.05, 0.1) is 35.0 Å². The van der Waals surface area contributed by atoms with E-state index in [2.05, 4.69) is 26.2 Å². The molecule has 6 heteroatoms. The highest BCUT2D eigenvalue weighted by molar-refractivity contribution is 9.10. The summed E-state index contributed by atoms with van der Waals surface area (Å²) in [5.74, 6) is 1.15. The van der Waals surface area contributed by atoms with Crippen molar-refractivity contribution in [3.05, 3.63) is 34.6 Å². The molecule has 0 radical (unpaired) electrons. The van der Waals surface area contributed by atoms with Crippen LogP contribution in [-0.2, 0) is 5.88 Å². The third-order valence-corrected chi connectivity index (χ3v) is 3.03. The second kappa shape index (κ2) is 4.84. The van der Waals surface area contributed by atoms with Crippen LogP contribution < -0.4 is 4.74 Å². The standard InChI is InChI=1S/C10H9BrClN3O/c1-16-10-3-2-7(4-9(10)11)15-8(5-12)6-13-14-15/h2-4,6H,5H2,1H3. The number of hydrogen-bond acceptors (Lipinski definition) is 3. The third-order valence-electron chi connectivity index (χ3n) is 2.14. The van der Waals surface area contributed by atoms with E-state index >= 15 is 0 Å². The first-order valence-electron chi connectivity index (χ1n) is 4.55. The molecule has 0 N–H and O–H groups in total. The van der Waals surface area contributed by atoms with Crippen molar-refractivity contribution in [2.24, 2.45) is 0 Å². The second-order valence-corrected chi connectivity index (χ2v) is 4.21. The molecule has 16 heavy (non-hydrogen) atoms. The van der Waals surface area contributed by atoms with E-state index < -0.39 is 0 Å². The van der Waals surface area contributed by atoms with Gasteiger partial charge in [-0.25, -0.2) is 4.68 Å². The van der Waals surface area contributed by atoms with Crippen LogP contribution in [0.4, 0.5) is 0 Å². The number of aromatic nitrogens is 3. The lowest BCUT2D eigenvalue weighted by Crippen LogP contribution is -2.01. The molecule has 1 aromatic heterocycles. The number of rotatable bonds is 3. The average molecular weight is 303 g/mol. The maximum Gasteiger partial charge on any atom is 0.133 e. The topological polar surface area (TPSA) is 39.9 Å². The Morgan fingerprint density at radius 3 is 2.94 bits per heavy atom. The number of hydrogen-bond donors (Lipinski definition) is 0. The Kier molecular flexibility index (Phi) is 3.46. The van der Waals surface area contributed by atoms with Crippen molar-refractivity contribution in [1.29, 1.82) is 0 Å². The molecule has 4 nitrogen and oxygen atoms in total. The molecular weight excluding hydrogens is 293 g/mol. The van der Waals surface area contributed by atoms with Gasteiger partial charge in [-0.1, -0.05) is 5.21 Å². The first-order chi connectivity index (χ1) is 7.76.